The van der Waals surface area contributed by atoms with Crippen LogP contribution in [0.2, 0.25) is 0 Å². The van der Waals surface area contributed by atoms with Gasteiger partial charge in [0.2, 0.25) is 5.91 Å². The van der Waals surface area contributed by atoms with Crippen LogP contribution < -0.4 is 9.47 Å². The molecule has 8 heteroatoms. The van der Waals surface area contributed by atoms with E-state index < -0.39 is 5.97 Å². The van der Waals surface area contributed by atoms with Crippen molar-refractivity contribution in [3.8, 4) is 11.5 Å². The first-order valence-corrected chi connectivity index (χ1v) is 8.04. The largest absolute Gasteiger partial charge is 0.497 e. The maximum Gasteiger partial charge on any atom is 0.303 e. The number of piperazine rings is 1. The lowest BCUT2D eigenvalue weighted by molar-refractivity contribution is -0.143. The Hall–Kier alpha value is -2.77. The highest BCUT2D eigenvalue weighted by Gasteiger charge is 2.24. The second kappa shape index (κ2) is 8.91. The average Bonchev–Trinajstić information content (AvgIpc) is 2.64. The van der Waals surface area contributed by atoms with Gasteiger partial charge in [-0.2, -0.15) is 0 Å². The van der Waals surface area contributed by atoms with Gasteiger partial charge in [-0.05, 0) is 12.1 Å². The Balaban J connectivity index is 1.75. The molecule has 136 valence electrons. The maximum atomic E-state index is 12.2. The third kappa shape index (κ3) is 5.66. The molecule has 0 atom stereocenters. The summed E-state index contributed by atoms with van der Waals surface area (Å²) in [5.74, 6) is -0.131. The van der Waals surface area contributed by atoms with Crippen LogP contribution in [-0.4, -0.2) is 72.6 Å². The van der Waals surface area contributed by atoms with Gasteiger partial charge in [0.25, 0.3) is 5.91 Å². The summed E-state index contributed by atoms with van der Waals surface area (Å²) in [6.45, 7) is 1.56. The van der Waals surface area contributed by atoms with Crippen molar-refractivity contribution in [2.45, 2.75) is 12.8 Å². The number of benzene rings is 1. The van der Waals surface area contributed by atoms with Gasteiger partial charge in [-0.1, -0.05) is 6.07 Å². The van der Waals surface area contributed by atoms with E-state index in [1.54, 1.807) is 41.2 Å². The normalized spacial score (nSPS) is 14.1. The van der Waals surface area contributed by atoms with Crippen molar-refractivity contribution in [1.82, 2.24) is 9.80 Å². The first kappa shape index (κ1) is 18.6. The van der Waals surface area contributed by atoms with Gasteiger partial charge in [-0.3, -0.25) is 14.4 Å². The van der Waals surface area contributed by atoms with Crippen LogP contribution in [0.1, 0.15) is 12.8 Å². The number of hydrogen-bond donors (Lipinski definition) is 1. The van der Waals surface area contributed by atoms with Crippen LogP contribution in [0, 0.1) is 0 Å². The number of rotatable bonds is 7. The van der Waals surface area contributed by atoms with Crippen LogP contribution in [0.15, 0.2) is 24.3 Å². The second-order valence-corrected chi connectivity index (χ2v) is 5.62. The number of ether oxygens (including phenoxy) is 2. The minimum absolute atomic E-state index is 0.0117. The Morgan fingerprint density at radius 2 is 1.60 bits per heavy atom. The fraction of sp³-hybridized carbons (Fsp3) is 0.471. The predicted molar refractivity (Wildman–Crippen MR) is 88.5 cm³/mol. The molecule has 25 heavy (non-hydrogen) atoms. The van der Waals surface area contributed by atoms with Gasteiger partial charge in [-0.25, -0.2) is 0 Å². The molecular formula is C17H22N2O6. The molecule has 1 aromatic rings. The molecule has 1 saturated heterocycles. The van der Waals surface area contributed by atoms with E-state index in [1.807, 2.05) is 0 Å². The van der Waals surface area contributed by atoms with Gasteiger partial charge >= 0.3 is 5.97 Å². The molecule has 0 radical (unpaired) electrons. The smallest absolute Gasteiger partial charge is 0.303 e. The van der Waals surface area contributed by atoms with Crippen molar-refractivity contribution >= 4 is 17.8 Å². The Morgan fingerprint density at radius 3 is 2.20 bits per heavy atom. The van der Waals surface area contributed by atoms with E-state index in [4.69, 9.17) is 14.6 Å². The lowest BCUT2D eigenvalue weighted by atomic mass is 10.2. The maximum absolute atomic E-state index is 12.2. The third-order valence-electron chi connectivity index (χ3n) is 3.94. The van der Waals surface area contributed by atoms with Crippen LogP contribution in [0.25, 0.3) is 0 Å². The first-order chi connectivity index (χ1) is 12.0. The molecule has 1 N–H and O–H groups in total. The summed E-state index contributed by atoms with van der Waals surface area (Å²) in [5, 5.41) is 8.62. The van der Waals surface area contributed by atoms with Crippen LogP contribution in [-0.2, 0) is 14.4 Å². The van der Waals surface area contributed by atoms with Crippen molar-refractivity contribution in [1.29, 1.82) is 0 Å². The molecule has 0 bridgehead atoms. The topological polar surface area (TPSA) is 96.4 Å². The van der Waals surface area contributed by atoms with E-state index in [2.05, 4.69) is 0 Å². The number of carbonyl (C=O) groups is 3. The number of carboxylic acid groups (broad SMARTS) is 1. The zero-order valence-electron chi connectivity index (χ0n) is 14.1. The summed E-state index contributed by atoms with van der Waals surface area (Å²) < 4.78 is 10.6. The third-order valence-corrected chi connectivity index (χ3v) is 3.94. The van der Waals surface area contributed by atoms with Crippen molar-refractivity contribution in [2.75, 3.05) is 39.9 Å². The summed E-state index contributed by atoms with van der Waals surface area (Å²) in [6.07, 6.45) is -0.186. The number of methoxy groups -OCH3 is 1. The number of aliphatic carboxylic acids is 1. The number of carbonyl (C=O) groups excluding carboxylic acids is 2. The van der Waals surface area contributed by atoms with E-state index in [1.165, 1.54) is 0 Å². The quantitative estimate of drug-likeness (QED) is 0.774. The fourth-order valence-electron chi connectivity index (χ4n) is 2.50. The van der Waals surface area contributed by atoms with E-state index >= 15 is 0 Å². The highest BCUT2D eigenvalue weighted by atomic mass is 16.5. The Kier molecular flexibility index (Phi) is 6.62. The Labute approximate surface area is 145 Å². The highest BCUT2D eigenvalue weighted by Crippen LogP contribution is 2.18. The fourth-order valence-corrected chi connectivity index (χ4v) is 2.50. The molecule has 1 aromatic carbocycles. The lowest BCUT2D eigenvalue weighted by Gasteiger charge is -2.34. The van der Waals surface area contributed by atoms with Gasteiger partial charge in [0.1, 0.15) is 11.5 Å². The monoisotopic (exact) mass is 350 g/mol. The average molecular weight is 350 g/mol. The molecule has 0 aromatic heterocycles. The number of hydrogen-bond acceptors (Lipinski definition) is 5. The van der Waals surface area contributed by atoms with E-state index in [0.29, 0.717) is 37.7 Å². The van der Waals surface area contributed by atoms with Crippen molar-refractivity contribution < 1.29 is 29.0 Å². The van der Waals surface area contributed by atoms with E-state index in [9.17, 15) is 14.4 Å². The summed E-state index contributed by atoms with van der Waals surface area (Å²) in [7, 11) is 1.56. The highest BCUT2D eigenvalue weighted by molar-refractivity contribution is 5.81. The molecule has 1 heterocycles. The van der Waals surface area contributed by atoms with Crippen molar-refractivity contribution in [3.63, 3.8) is 0 Å². The van der Waals surface area contributed by atoms with Gasteiger partial charge in [0.05, 0.1) is 13.5 Å². The van der Waals surface area contributed by atoms with Crippen molar-refractivity contribution in [3.05, 3.63) is 24.3 Å². The summed E-state index contributed by atoms with van der Waals surface area (Å²) >= 11 is 0. The zero-order valence-corrected chi connectivity index (χ0v) is 14.1. The first-order valence-electron chi connectivity index (χ1n) is 8.04. The summed E-state index contributed by atoms with van der Waals surface area (Å²) in [4.78, 5) is 37.8. The van der Waals surface area contributed by atoms with Crippen LogP contribution in [0.4, 0.5) is 0 Å². The molecule has 1 aliphatic rings. The van der Waals surface area contributed by atoms with E-state index in [0.717, 1.165) is 0 Å². The lowest BCUT2D eigenvalue weighted by Crippen LogP contribution is -2.51. The Bertz CT molecular complexity index is 625. The number of carboxylic acids is 1. The van der Waals surface area contributed by atoms with E-state index in [-0.39, 0.29) is 31.3 Å². The number of nitrogens with zero attached hydrogens (tertiary/aromatic N) is 2. The van der Waals surface area contributed by atoms with Crippen LogP contribution >= 0.6 is 0 Å². The minimum Gasteiger partial charge on any atom is -0.497 e. The molecule has 1 fully saturated rings. The zero-order chi connectivity index (χ0) is 18.2. The molecule has 0 aliphatic carbocycles. The second-order valence-electron chi connectivity index (χ2n) is 5.62. The number of amides is 2. The Morgan fingerprint density at radius 1 is 1.00 bits per heavy atom. The molecular weight excluding hydrogens is 328 g/mol. The SMILES string of the molecule is COc1cccc(OCC(=O)N2CCN(C(=O)CCC(=O)O)CC2)c1. The molecule has 1 aliphatic heterocycles. The van der Waals surface area contributed by atoms with Gasteiger partial charge < -0.3 is 24.4 Å². The standard InChI is InChI=1S/C17H22N2O6/c1-24-13-3-2-4-14(11-13)25-12-16(21)19-9-7-18(8-10-19)15(20)5-6-17(22)23/h2-4,11H,5-10,12H2,1H3,(H,22,23). The summed E-state index contributed by atoms with van der Waals surface area (Å²) in [5.41, 5.74) is 0. The predicted octanol–water partition coefficient (Wildman–Crippen LogP) is 0.610. The molecule has 2 rings (SSSR count). The molecule has 0 spiro atoms. The molecule has 0 saturated carbocycles. The van der Waals surface area contributed by atoms with Gasteiger partial charge in [0.15, 0.2) is 6.61 Å². The van der Waals surface area contributed by atoms with Crippen LogP contribution in [0.3, 0.4) is 0 Å². The van der Waals surface area contributed by atoms with Gasteiger partial charge in [-0.15, -0.1) is 0 Å². The van der Waals surface area contributed by atoms with Gasteiger partial charge in [0, 0.05) is 38.7 Å². The molecule has 2 amide bonds. The summed E-state index contributed by atoms with van der Waals surface area (Å²) in [6, 6.07) is 7.01. The molecule has 0 unspecified atom stereocenters. The van der Waals surface area contributed by atoms with Crippen molar-refractivity contribution in [2.24, 2.45) is 0 Å². The minimum atomic E-state index is -0.989. The molecule has 8 nitrogen and oxygen atoms in total. The van der Waals surface area contributed by atoms with Crippen LogP contribution in [0.5, 0.6) is 11.5 Å².